The van der Waals surface area contributed by atoms with Gasteiger partial charge in [0.2, 0.25) is 0 Å². The quantitative estimate of drug-likeness (QED) is 0.599. The molecule has 3 unspecified atom stereocenters. The molecular formula is C19H22O2. The van der Waals surface area contributed by atoms with Crippen LogP contribution < -0.4 is 0 Å². The van der Waals surface area contributed by atoms with E-state index >= 15 is 0 Å². The highest BCUT2D eigenvalue weighted by Crippen LogP contribution is 2.49. The highest BCUT2D eigenvalue weighted by molar-refractivity contribution is 5.81. The number of carbonyl (C=O) groups is 1. The topological polar surface area (TPSA) is 26.3 Å². The van der Waals surface area contributed by atoms with Crippen LogP contribution in [0, 0.1) is 17.8 Å². The maximum Gasteiger partial charge on any atom is 0.314 e. The number of hydrogen-bond donors (Lipinski definition) is 0. The van der Waals surface area contributed by atoms with Crippen molar-refractivity contribution in [2.24, 2.45) is 17.8 Å². The fourth-order valence-corrected chi connectivity index (χ4v) is 3.31. The van der Waals surface area contributed by atoms with Crippen molar-refractivity contribution in [2.75, 3.05) is 0 Å². The molecule has 2 aliphatic rings. The maximum atomic E-state index is 12.6. The standard InChI is InChI=1S/C19H22O2/c1-19(2,3)21-18(20)17-15-10-9-14(12-15)16(17)11-13-7-5-4-6-8-13/h4-11,14-15,17H,12H2,1-3H3/b16-11-. The molecule has 0 N–H and O–H groups in total. The van der Waals surface area contributed by atoms with Gasteiger partial charge in [0, 0.05) is 0 Å². The lowest BCUT2D eigenvalue weighted by atomic mass is 9.87. The van der Waals surface area contributed by atoms with Crippen LogP contribution in [0.1, 0.15) is 32.8 Å². The Morgan fingerprint density at radius 3 is 2.57 bits per heavy atom. The third-order valence-electron chi connectivity index (χ3n) is 4.13. The fraction of sp³-hybridized carbons (Fsp3) is 0.421. The van der Waals surface area contributed by atoms with Crippen molar-refractivity contribution in [3.8, 4) is 0 Å². The van der Waals surface area contributed by atoms with Crippen molar-refractivity contribution in [2.45, 2.75) is 32.8 Å². The average Bonchev–Trinajstić information content (AvgIpc) is 2.98. The first-order valence-corrected chi connectivity index (χ1v) is 7.62. The Kier molecular flexibility index (Phi) is 3.48. The molecule has 110 valence electrons. The van der Waals surface area contributed by atoms with Gasteiger partial charge in [-0.1, -0.05) is 48.6 Å². The summed E-state index contributed by atoms with van der Waals surface area (Å²) in [7, 11) is 0. The first kappa shape index (κ1) is 14.1. The van der Waals surface area contributed by atoms with E-state index in [1.807, 2.05) is 39.0 Å². The molecule has 0 amide bonds. The van der Waals surface area contributed by atoms with Gasteiger partial charge in [-0.3, -0.25) is 4.79 Å². The van der Waals surface area contributed by atoms with Crippen LogP contribution in [0.2, 0.25) is 0 Å². The van der Waals surface area contributed by atoms with E-state index in [0.29, 0.717) is 11.8 Å². The molecule has 0 saturated heterocycles. The number of carbonyl (C=O) groups excluding carboxylic acids is 1. The molecule has 0 radical (unpaired) electrons. The predicted molar refractivity (Wildman–Crippen MR) is 84.5 cm³/mol. The molecule has 0 aromatic heterocycles. The SMILES string of the molecule is CC(C)(C)OC(=O)C1/C(=C\c2ccccc2)C2C=CC1C2. The highest BCUT2D eigenvalue weighted by Gasteiger charge is 2.45. The van der Waals surface area contributed by atoms with Gasteiger partial charge >= 0.3 is 5.97 Å². The van der Waals surface area contributed by atoms with E-state index in [4.69, 9.17) is 4.74 Å². The molecule has 0 heterocycles. The molecule has 2 aliphatic carbocycles. The van der Waals surface area contributed by atoms with Crippen LogP contribution in [0.5, 0.6) is 0 Å². The summed E-state index contributed by atoms with van der Waals surface area (Å²) in [5.74, 6) is 0.508. The summed E-state index contributed by atoms with van der Waals surface area (Å²) in [4.78, 5) is 12.6. The molecular weight excluding hydrogens is 260 g/mol. The maximum absolute atomic E-state index is 12.6. The molecule has 2 heteroatoms. The molecule has 1 fully saturated rings. The van der Waals surface area contributed by atoms with Crippen molar-refractivity contribution in [3.63, 3.8) is 0 Å². The molecule has 0 spiro atoms. The molecule has 1 aromatic rings. The second kappa shape index (κ2) is 5.18. The Bertz CT molecular complexity index is 590. The van der Waals surface area contributed by atoms with Crippen molar-refractivity contribution >= 4 is 12.0 Å². The molecule has 2 bridgehead atoms. The molecule has 1 saturated carbocycles. The van der Waals surface area contributed by atoms with Crippen molar-refractivity contribution in [3.05, 3.63) is 53.6 Å². The van der Waals surface area contributed by atoms with Gasteiger partial charge in [0.15, 0.2) is 0 Å². The minimum absolute atomic E-state index is 0.0819. The Balaban J connectivity index is 1.90. The first-order valence-electron chi connectivity index (χ1n) is 7.62. The van der Waals surface area contributed by atoms with Gasteiger partial charge in [0.25, 0.3) is 0 Å². The second-order valence-electron chi connectivity index (χ2n) is 6.96. The lowest BCUT2D eigenvalue weighted by molar-refractivity contribution is -0.159. The largest absolute Gasteiger partial charge is 0.459 e. The molecule has 3 atom stereocenters. The van der Waals surface area contributed by atoms with E-state index in [1.165, 1.54) is 5.57 Å². The number of esters is 1. The number of hydrogen-bond acceptors (Lipinski definition) is 2. The molecule has 3 rings (SSSR count). The van der Waals surface area contributed by atoms with Crippen LogP contribution in [0.25, 0.3) is 6.08 Å². The Labute approximate surface area is 126 Å². The van der Waals surface area contributed by atoms with Crippen LogP contribution in [-0.2, 0) is 9.53 Å². The minimum atomic E-state index is -0.430. The number of fused-ring (bicyclic) bond motifs is 2. The van der Waals surface area contributed by atoms with E-state index in [-0.39, 0.29) is 11.9 Å². The van der Waals surface area contributed by atoms with Crippen molar-refractivity contribution in [1.82, 2.24) is 0 Å². The van der Waals surface area contributed by atoms with E-state index in [2.05, 4.69) is 30.4 Å². The van der Waals surface area contributed by atoms with E-state index in [9.17, 15) is 4.79 Å². The van der Waals surface area contributed by atoms with Crippen LogP contribution in [-0.4, -0.2) is 11.6 Å². The summed E-state index contributed by atoms with van der Waals surface area (Å²) in [6.07, 6.45) is 7.63. The van der Waals surface area contributed by atoms with Gasteiger partial charge in [-0.15, -0.1) is 0 Å². The predicted octanol–water partition coefficient (Wildman–Crippen LogP) is 4.23. The van der Waals surface area contributed by atoms with Crippen LogP contribution in [0.3, 0.4) is 0 Å². The summed E-state index contributed by atoms with van der Waals surface area (Å²) >= 11 is 0. The zero-order valence-electron chi connectivity index (χ0n) is 12.9. The normalized spacial score (nSPS) is 29.1. The lowest BCUT2D eigenvalue weighted by Gasteiger charge is -2.26. The number of ether oxygens (including phenoxy) is 1. The second-order valence-corrected chi connectivity index (χ2v) is 6.96. The summed E-state index contributed by atoms with van der Waals surface area (Å²) in [5.41, 5.74) is 1.94. The van der Waals surface area contributed by atoms with E-state index < -0.39 is 5.60 Å². The summed E-state index contributed by atoms with van der Waals surface area (Å²) in [5, 5.41) is 0. The first-order chi connectivity index (χ1) is 9.94. The van der Waals surface area contributed by atoms with Gasteiger partial charge in [0.05, 0.1) is 5.92 Å². The summed E-state index contributed by atoms with van der Waals surface area (Å²) in [6, 6.07) is 10.2. The van der Waals surface area contributed by atoms with Gasteiger partial charge in [-0.05, 0) is 50.2 Å². The van der Waals surface area contributed by atoms with Gasteiger partial charge < -0.3 is 4.74 Å². The minimum Gasteiger partial charge on any atom is -0.459 e. The fourth-order valence-electron chi connectivity index (χ4n) is 3.31. The zero-order chi connectivity index (χ0) is 15.0. The van der Waals surface area contributed by atoms with Crippen LogP contribution in [0.4, 0.5) is 0 Å². The number of benzene rings is 1. The summed E-state index contributed by atoms with van der Waals surface area (Å²) < 4.78 is 5.63. The molecule has 1 aromatic carbocycles. The average molecular weight is 282 g/mol. The highest BCUT2D eigenvalue weighted by atomic mass is 16.6. The Hall–Kier alpha value is -1.83. The van der Waals surface area contributed by atoms with Crippen molar-refractivity contribution in [1.29, 1.82) is 0 Å². The Morgan fingerprint density at radius 1 is 1.19 bits per heavy atom. The third kappa shape index (κ3) is 2.94. The monoisotopic (exact) mass is 282 g/mol. The lowest BCUT2D eigenvalue weighted by Crippen LogP contribution is -2.31. The third-order valence-corrected chi connectivity index (χ3v) is 4.13. The van der Waals surface area contributed by atoms with Gasteiger partial charge in [-0.25, -0.2) is 0 Å². The summed E-state index contributed by atoms with van der Waals surface area (Å²) in [6.45, 7) is 5.78. The smallest absolute Gasteiger partial charge is 0.314 e. The van der Waals surface area contributed by atoms with Gasteiger partial charge in [0.1, 0.15) is 5.60 Å². The molecule has 0 aliphatic heterocycles. The zero-order valence-corrected chi connectivity index (χ0v) is 12.9. The Morgan fingerprint density at radius 2 is 1.90 bits per heavy atom. The van der Waals surface area contributed by atoms with Crippen LogP contribution in [0.15, 0.2) is 48.1 Å². The van der Waals surface area contributed by atoms with E-state index in [0.717, 1.165) is 12.0 Å². The van der Waals surface area contributed by atoms with Gasteiger partial charge in [-0.2, -0.15) is 0 Å². The molecule has 2 nitrogen and oxygen atoms in total. The van der Waals surface area contributed by atoms with Crippen LogP contribution >= 0.6 is 0 Å². The van der Waals surface area contributed by atoms with E-state index in [1.54, 1.807) is 0 Å². The number of allylic oxidation sites excluding steroid dienone is 2. The number of rotatable bonds is 2. The molecule has 21 heavy (non-hydrogen) atoms. The van der Waals surface area contributed by atoms with Crippen molar-refractivity contribution < 1.29 is 9.53 Å².